The van der Waals surface area contributed by atoms with Crippen LogP contribution in [-0.4, -0.2) is 31.2 Å². The molecule has 0 spiro atoms. The number of benzene rings is 1. The van der Waals surface area contributed by atoms with Crippen LogP contribution in [0.2, 0.25) is 0 Å². The minimum atomic E-state index is -3.83. The van der Waals surface area contributed by atoms with Crippen LogP contribution >= 0.6 is 0 Å². The highest BCUT2D eigenvalue weighted by molar-refractivity contribution is 7.92. The van der Waals surface area contributed by atoms with Crippen LogP contribution in [0.4, 0.5) is 11.5 Å². The van der Waals surface area contributed by atoms with Crippen LogP contribution in [0.15, 0.2) is 35.4 Å². The van der Waals surface area contributed by atoms with Crippen LogP contribution in [-0.2, 0) is 14.8 Å². The molecule has 2 aromatic rings. The molecule has 1 aromatic heterocycles. The summed E-state index contributed by atoms with van der Waals surface area (Å²) in [5.74, 6) is -0.517. The fourth-order valence-corrected chi connectivity index (χ4v) is 2.68. The van der Waals surface area contributed by atoms with Gasteiger partial charge in [-0.15, -0.1) is 0 Å². The van der Waals surface area contributed by atoms with Gasteiger partial charge in [-0.1, -0.05) is 0 Å². The minimum Gasteiger partial charge on any atom is -0.462 e. The third-order valence-electron chi connectivity index (χ3n) is 2.57. The van der Waals surface area contributed by atoms with E-state index in [9.17, 15) is 13.2 Å². The molecule has 0 aliphatic carbocycles. The number of H-pyrrole nitrogens is 1. The van der Waals surface area contributed by atoms with Gasteiger partial charge in [0.1, 0.15) is 10.7 Å². The molecule has 2 rings (SSSR count). The number of hydrogen-bond acceptors (Lipinski definition) is 6. The second-order valence-electron chi connectivity index (χ2n) is 4.05. The summed E-state index contributed by atoms with van der Waals surface area (Å²) in [5.41, 5.74) is 6.11. The van der Waals surface area contributed by atoms with Crippen molar-refractivity contribution in [1.82, 2.24) is 10.2 Å². The van der Waals surface area contributed by atoms with E-state index in [2.05, 4.69) is 14.9 Å². The Morgan fingerprint density at radius 1 is 1.38 bits per heavy atom. The van der Waals surface area contributed by atoms with Crippen molar-refractivity contribution >= 4 is 27.5 Å². The van der Waals surface area contributed by atoms with Gasteiger partial charge in [0.15, 0.2) is 0 Å². The first-order chi connectivity index (χ1) is 9.94. The third-order valence-corrected chi connectivity index (χ3v) is 3.98. The number of sulfonamides is 1. The lowest BCUT2D eigenvalue weighted by Crippen LogP contribution is -2.14. The molecular formula is C12H14N4O4S. The van der Waals surface area contributed by atoms with E-state index >= 15 is 0 Å². The Bertz CT molecular complexity index is 737. The molecule has 4 N–H and O–H groups in total. The number of hydrogen-bond donors (Lipinski definition) is 3. The number of esters is 1. The van der Waals surface area contributed by atoms with E-state index in [1.165, 1.54) is 24.3 Å². The van der Waals surface area contributed by atoms with E-state index < -0.39 is 16.0 Å². The number of aromatic amines is 1. The van der Waals surface area contributed by atoms with Crippen molar-refractivity contribution in [3.63, 3.8) is 0 Å². The van der Waals surface area contributed by atoms with Gasteiger partial charge in [-0.3, -0.25) is 9.82 Å². The third kappa shape index (κ3) is 3.31. The van der Waals surface area contributed by atoms with Crippen molar-refractivity contribution in [2.45, 2.75) is 11.8 Å². The van der Waals surface area contributed by atoms with Crippen molar-refractivity contribution in [2.75, 3.05) is 17.1 Å². The van der Waals surface area contributed by atoms with Gasteiger partial charge in [0, 0.05) is 5.69 Å². The fraction of sp³-hybridized carbons (Fsp3) is 0.167. The van der Waals surface area contributed by atoms with Gasteiger partial charge in [0.25, 0.3) is 10.0 Å². The highest BCUT2D eigenvalue weighted by Crippen LogP contribution is 2.19. The number of nitrogens with two attached hydrogens (primary N) is 1. The highest BCUT2D eigenvalue weighted by Gasteiger charge is 2.19. The number of nitrogens with zero attached hydrogens (tertiary/aromatic N) is 1. The number of rotatable bonds is 5. The van der Waals surface area contributed by atoms with E-state index in [1.54, 1.807) is 6.92 Å². The first kappa shape index (κ1) is 14.9. The Labute approximate surface area is 121 Å². The molecule has 0 saturated carbocycles. The lowest BCUT2D eigenvalue weighted by Gasteiger charge is -2.07. The fourth-order valence-electron chi connectivity index (χ4n) is 1.60. The number of carbonyl (C=O) groups excluding carboxylic acids is 1. The van der Waals surface area contributed by atoms with Gasteiger partial charge in [-0.05, 0) is 31.2 Å². The summed E-state index contributed by atoms with van der Waals surface area (Å²) in [6.07, 6.45) is 1.12. The predicted molar refractivity (Wildman–Crippen MR) is 76.2 cm³/mol. The summed E-state index contributed by atoms with van der Waals surface area (Å²) < 4.78 is 31.3. The number of nitrogens with one attached hydrogen (secondary N) is 2. The summed E-state index contributed by atoms with van der Waals surface area (Å²) in [6, 6.07) is 5.85. The first-order valence-electron chi connectivity index (χ1n) is 6.03. The average molecular weight is 310 g/mol. The largest absolute Gasteiger partial charge is 0.462 e. The second kappa shape index (κ2) is 5.83. The molecule has 0 aliphatic rings. The van der Waals surface area contributed by atoms with Crippen LogP contribution in [0.25, 0.3) is 0 Å². The quantitative estimate of drug-likeness (QED) is 0.706. The molecule has 0 amide bonds. The van der Waals surface area contributed by atoms with Gasteiger partial charge in [-0.25, -0.2) is 13.2 Å². The SMILES string of the molecule is CCOC(=O)c1ccc(NS(=O)(=O)c2cn[nH]c2N)cc1. The number of carbonyl (C=O) groups is 1. The summed E-state index contributed by atoms with van der Waals surface area (Å²) in [6.45, 7) is 1.97. The summed E-state index contributed by atoms with van der Waals surface area (Å²) in [4.78, 5) is 11.3. The maximum atomic E-state index is 12.1. The zero-order chi connectivity index (χ0) is 15.5. The molecule has 112 valence electrons. The topological polar surface area (TPSA) is 127 Å². The van der Waals surface area contributed by atoms with E-state index in [1.807, 2.05) is 0 Å². The molecule has 9 heteroatoms. The lowest BCUT2D eigenvalue weighted by atomic mass is 10.2. The van der Waals surface area contributed by atoms with Crippen molar-refractivity contribution in [2.24, 2.45) is 0 Å². The Balaban J connectivity index is 2.17. The number of aromatic nitrogens is 2. The molecule has 0 bridgehead atoms. The molecule has 1 heterocycles. The molecule has 8 nitrogen and oxygen atoms in total. The van der Waals surface area contributed by atoms with Gasteiger partial charge in [0.2, 0.25) is 0 Å². The van der Waals surface area contributed by atoms with Crippen LogP contribution in [0.1, 0.15) is 17.3 Å². The summed E-state index contributed by atoms with van der Waals surface area (Å²) in [5, 5.41) is 5.90. The standard InChI is InChI=1S/C12H14N4O4S/c1-2-20-12(17)8-3-5-9(6-4-8)16-21(18,19)10-7-14-15-11(10)13/h3-7,16H,2H2,1H3,(H3,13,14,15). The van der Waals surface area contributed by atoms with Crippen molar-refractivity contribution in [1.29, 1.82) is 0 Å². The van der Waals surface area contributed by atoms with Crippen molar-refractivity contribution in [3.8, 4) is 0 Å². The Morgan fingerprint density at radius 3 is 2.57 bits per heavy atom. The van der Waals surface area contributed by atoms with E-state index in [4.69, 9.17) is 10.5 Å². The molecule has 0 saturated heterocycles. The molecule has 0 radical (unpaired) electrons. The molecule has 1 aromatic carbocycles. The predicted octanol–water partition coefficient (Wildman–Crippen LogP) is 0.969. The first-order valence-corrected chi connectivity index (χ1v) is 7.51. The van der Waals surface area contributed by atoms with Crippen LogP contribution in [0, 0.1) is 0 Å². The highest BCUT2D eigenvalue weighted by atomic mass is 32.2. The Hall–Kier alpha value is -2.55. The number of anilines is 2. The van der Waals surface area contributed by atoms with E-state index in [-0.39, 0.29) is 17.3 Å². The van der Waals surface area contributed by atoms with Gasteiger partial charge in [-0.2, -0.15) is 5.10 Å². The number of ether oxygens (including phenoxy) is 1. The molecule has 0 atom stereocenters. The summed E-state index contributed by atoms with van der Waals surface area (Å²) >= 11 is 0. The van der Waals surface area contributed by atoms with Crippen LogP contribution in [0.3, 0.4) is 0 Å². The molecule has 0 fully saturated rings. The smallest absolute Gasteiger partial charge is 0.338 e. The van der Waals surface area contributed by atoms with Crippen molar-refractivity contribution < 1.29 is 17.9 Å². The normalized spacial score (nSPS) is 11.1. The molecule has 21 heavy (non-hydrogen) atoms. The average Bonchev–Trinajstić information content (AvgIpc) is 2.86. The van der Waals surface area contributed by atoms with Gasteiger partial charge in [0.05, 0.1) is 18.4 Å². The van der Waals surface area contributed by atoms with E-state index in [0.29, 0.717) is 11.3 Å². The molecule has 0 aliphatic heterocycles. The lowest BCUT2D eigenvalue weighted by molar-refractivity contribution is 0.0526. The van der Waals surface area contributed by atoms with Crippen LogP contribution in [0.5, 0.6) is 0 Å². The zero-order valence-corrected chi connectivity index (χ0v) is 12.0. The maximum Gasteiger partial charge on any atom is 0.338 e. The van der Waals surface area contributed by atoms with E-state index in [0.717, 1.165) is 6.20 Å². The van der Waals surface area contributed by atoms with Gasteiger partial charge < -0.3 is 10.5 Å². The summed E-state index contributed by atoms with van der Waals surface area (Å²) in [7, 11) is -3.83. The van der Waals surface area contributed by atoms with Crippen LogP contribution < -0.4 is 10.5 Å². The second-order valence-corrected chi connectivity index (χ2v) is 5.70. The minimum absolute atomic E-state index is 0.0503. The van der Waals surface area contributed by atoms with Crippen molar-refractivity contribution in [3.05, 3.63) is 36.0 Å². The van der Waals surface area contributed by atoms with Gasteiger partial charge >= 0.3 is 5.97 Å². The maximum absolute atomic E-state index is 12.1. The molecule has 0 unspecified atom stereocenters. The Kier molecular flexibility index (Phi) is 4.13. The zero-order valence-electron chi connectivity index (χ0n) is 11.2. The number of nitrogen functional groups attached to an aromatic ring is 1. The monoisotopic (exact) mass is 310 g/mol. The Morgan fingerprint density at radius 2 is 2.05 bits per heavy atom. The molecular weight excluding hydrogens is 296 g/mol.